The van der Waals surface area contributed by atoms with Crippen molar-refractivity contribution in [3.05, 3.63) is 23.5 Å². The summed E-state index contributed by atoms with van der Waals surface area (Å²) in [6.45, 7) is -0.293. The molecule has 4 nitrogen and oxygen atoms in total. The molecule has 0 unspecified atom stereocenters. The molecule has 0 N–H and O–H groups in total. The largest absolute Gasteiger partial charge is 0.391 e. The van der Waals surface area contributed by atoms with Crippen LogP contribution in [0.1, 0.15) is 12.8 Å². The van der Waals surface area contributed by atoms with Crippen molar-refractivity contribution in [3.63, 3.8) is 0 Å². The van der Waals surface area contributed by atoms with Gasteiger partial charge in [-0.2, -0.15) is 17.5 Å². The number of alkyl halides is 3. The molecule has 1 saturated heterocycles. The summed E-state index contributed by atoms with van der Waals surface area (Å²) in [5.74, 6) is -1.44. The first-order chi connectivity index (χ1) is 9.21. The van der Waals surface area contributed by atoms with Gasteiger partial charge in [-0.1, -0.05) is 11.6 Å². The fourth-order valence-corrected chi connectivity index (χ4v) is 3.84. The van der Waals surface area contributed by atoms with Crippen LogP contribution in [0.4, 0.5) is 13.2 Å². The van der Waals surface area contributed by atoms with Crippen molar-refractivity contribution in [2.24, 2.45) is 5.92 Å². The molecule has 112 valence electrons. The molecule has 0 atom stereocenters. The van der Waals surface area contributed by atoms with Gasteiger partial charge in [0.1, 0.15) is 5.15 Å². The zero-order valence-electron chi connectivity index (χ0n) is 10.3. The van der Waals surface area contributed by atoms with Crippen LogP contribution < -0.4 is 0 Å². The first kappa shape index (κ1) is 15.5. The standard InChI is InChI=1S/C11H12ClF3N2O2S/c12-10-7-9(1-4-16-10)20(18,19)17-5-2-8(3-6-17)11(13,14)15/h1,4,7-8H,2-3,5-6H2. The summed E-state index contributed by atoms with van der Waals surface area (Å²) in [5, 5.41) is 0.0243. The zero-order valence-corrected chi connectivity index (χ0v) is 11.8. The van der Waals surface area contributed by atoms with Crippen LogP contribution in [0.3, 0.4) is 0 Å². The van der Waals surface area contributed by atoms with E-state index in [1.165, 1.54) is 18.3 Å². The molecule has 20 heavy (non-hydrogen) atoms. The van der Waals surface area contributed by atoms with Crippen LogP contribution in [0.2, 0.25) is 5.15 Å². The third-order valence-corrected chi connectivity index (χ3v) is 5.35. The summed E-state index contributed by atoms with van der Waals surface area (Å²) < 4.78 is 63.2. The molecule has 0 aromatic carbocycles. The van der Waals surface area contributed by atoms with Crippen LogP contribution >= 0.6 is 11.6 Å². The highest BCUT2D eigenvalue weighted by atomic mass is 35.5. The molecule has 1 aliphatic rings. The Kier molecular flexibility index (Phi) is 4.27. The number of rotatable bonds is 2. The first-order valence-corrected chi connectivity index (χ1v) is 7.71. The van der Waals surface area contributed by atoms with E-state index in [9.17, 15) is 21.6 Å². The molecule has 0 amide bonds. The van der Waals surface area contributed by atoms with E-state index in [2.05, 4.69) is 4.98 Å². The van der Waals surface area contributed by atoms with E-state index in [0.29, 0.717) is 0 Å². The zero-order chi connectivity index (χ0) is 15.0. The lowest BCUT2D eigenvalue weighted by atomic mass is 9.98. The minimum absolute atomic E-state index is 0.0243. The van der Waals surface area contributed by atoms with Crippen molar-refractivity contribution < 1.29 is 21.6 Å². The Bertz CT molecular complexity index is 584. The highest BCUT2D eigenvalue weighted by Gasteiger charge is 2.43. The minimum atomic E-state index is -4.27. The van der Waals surface area contributed by atoms with Crippen LogP contribution in [0.5, 0.6) is 0 Å². The number of pyridine rings is 1. The van der Waals surface area contributed by atoms with E-state index < -0.39 is 22.1 Å². The third-order valence-electron chi connectivity index (χ3n) is 3.25. The maximum Gasteiger partial charge on any atom is 0.391 e. The summed E-state index contributed by atoms with van der Waals surface area (Å²) in [4.78, 5) is 3.62. The van der Waals surface area contributed by atoms with E-state index in [1.54, 1.807) is 0 Å². The van der Waals surface area contributed by atoms with Crippen molar-refractivity contribution in [2.75, 3.05) is 13.1 Å². The van der Waals surface area contributed by atoms with Crippen LogP contribution in [-0.4, -0.2) is 37.0 Å². The van der Waals surface area contributed by atoms with Crippen molar-refractivity contribution in [3.8, 4) is 0 Å². The summed E-state index contributed by atoms with van der Waals surface area (Å²) >= 11 is 5.63. The normalized spacial score (nSPS) is 19.2. The van der Waals surface area contributed by atoms with Gasteiger partial charge in [0.15, 0.2) is 0 Å². The molecular formula is C11H12ClF3N2O2S. The summed E-state index contributed by atoms with van der Waals surface area (Å²) in [6.07, 6.45) is -3.46. The average Bonchev–Trinajstić information content (AvgIpc) is 2.38. The van der Waals surface area contributed by atoms with Crippen LogP contribution in [0, 0.1) is 5.92 Å². The molecular weight excluding hydrogens is 317 g/mol. The Labute approximate surface area is 119 Å². The van der Waals surface area contributed by atoms with Gasteiger partial charge in [-0.25, -0.2) is 13.4 Å². The molecule has 0 bridgehead atoms. The maximum atomic E-state index is 12.5. The summed E-state index contributed by atoms with van der Waals surface area (Å²) in [7, 11) is -3.81. The lowest BCUT2D eigenvalue weighted by Crippen LogP contribution is -2.42. The predicted octanol–water partition coefficient (Wildman–Crippen LogP) is 2.70. The quantitative estimate of drug-likeness (QED) is 0.784. The van der Waals surface area contributed by atoms with Gasteiger partial charge < -0.3 is 0 Å². The van der Waals surface area contributed by atoms with E-state index in [1.807, 2.05) is 0 Å². The second-order valence-electron chi connectivity index (χ2n) is 4.53. The van der Waals surface area contributed by atoms with Crippen LogP contribution in [-0.2, 0) is 10.0 Å². The number of hydrogen-bond acceptors (Lipinski definition) is 3. The number of halogens is 4. The molecule has 9 heteroatoms. The van der Waals surface area contributed by atoms with Gasteiger partial charge >= 0.3 is 6.18 Å². The Morgan fingerprint density at radius 1 is 1.30 bits per heavy atom. The molecule has 1 aromatic heterocycles. The summed E-state index contributed by atoms with van der Waals surface area (Å²) in [6, 6.07) is 2.46. The van der Waals surface area contributed by atoms with Gasteiger partial charge in [0.25, 0.3) is 0 Å². The fourth-order valence-electron chi connectivity index (χ4n) is 2.12. The Hall–Kier alpha value is -0.860. The minimum Gasteiger partial charge on any atom is -0.244 e. The van der Waals surface area contributed by atoms with Gasteiger partial charge in [0, 0.05) is 19.3 Å². The Morgan fingerprint density at radius 3 is 2.40 bits per heavy atom. The Balaban J connectivity index is 2.14. The van der Waals surface area contributed by atoms with Crippen molar-refractivity contribution in [1.82, 2.24) is 9.29 Å². The maximum absolute atomic E-state index is 12.5. The molecule has 2 heterocycles. The first-order valence-electron chi connectivity index (χ1n) is 5.89. The smallest absolute Gasteiger partial charge is 0.244 e. The van der Waals surface area contributed by atoms with Crippen molar-refractivity contribution in [1.29, 1.82) is 0 Å². The topological polar surface area (TPSA) is 50.3 Å². The molecule has 2 rings (SSSR count). The average molecular weight is 329 g/mol. The van der Waals surface area contributed by atoms with Crippen molar-refractivity contribution >= 4 is 21.6 Å². The molecule has 0 saturated carbocycles. The van der Waals surface area contributed by atoms with E-state index in [-0.39, 0.29) is 36.0 Å². The molecule has 0 spiro atoms. The van der Waals surface area contributed by atoms with Gasteiger partial charge in [-0.3, -0.25) is 0 Å². The van der Waals surface area contributed by atoms with Gasteiger partial charge in [0.05, 0.1) is 10.8 Å². The molecule has 0 aliphatic carbocycles. The highest BCUT2D eigenvalue weighted by molar-refractivity contribution is 7.89. The lowest BCUT2D eigenvalue weighted by Gasteiger charge is -2.32. The van der Waals surface area contributed by atoms with Gasteiger partial charge in [0.2, 0.25) is 10.0 Å². The number of aromatic nitrogens is 1. The fraction of sp³-hybridized carbons (Fsp3) is 0.545. The van der Waals surface area contributed by atoms with Crippen LogP contribution in [0.15, 0.2) is 23.2 Å². The number of sulfonamides is 1. The van der Waals surface area contributed by atoms with E-state index in [4.69, 9.17) is 11.6 Å². The number of hydrogen-bond donors (Lipinski definition) is 0. The van der Waals surface area contributed by atoms with Crippen LogP contribution in [0.25, 0.3) is 0 Å². The SMILES string of the molecule is O=S(=O)(c1ccnc(Cl)c1)N1CCC(C(F)(F)F)CC1. The second-order valence-corrected chi connectivity index (χ2v) is 6.86. The van der Waals surface area contributed by atoms with Gasteiger partial charge in [-0.05, 0) is 25.0 Å². The lowest BCUT2D eigenvalue weighted by molar-refractivity contribution is -0.182. The number of nitrogens with zero attached hydrogens (tertiary/aromatic N) is 2. The van der Waals surface area contributed by atoms with Crippen molar-refractivity contribution in [2.45, 2.75) is 23.9 Å². The van der Waals surface area contributed by atoms with E-state index >= 15 is 0 Å². The predicted molar refractivity (Wildman–Crippen MR) is 66.8 cm³/mol. The van der Waals surface area contributed by atoms with E-state index in [0.717, 1.165) is 4.31 Å². The second kappa shape index (κ2) is 5.50. The Morgan fingerprint density at radius 2 is 1.90 bits per heavy atom. The number of piperidine rings is 1. The molecule has 1 fully saturated rings. The molecule has 1 aliphatic heterocycles. The van der Waals surface area contributed by atoms with Gasteiger partial charge in [-0.15, -0.1) is 0 Å². The highest BCUT2D eigenvalue weighted by Crippen LogP contribution is 2.35. The summed E-state index contributed by atoms with van der Waals surface area (Å²) in [5.41, 5.74) is 0. The molecule has 0 radical (unpaired) electrons. The third kappa shape index (κ3) is 3.24. The monoisotopic (exact) mass is 328 g/mol. The molecule has 1 aromatic rings.